The Hall–Kier alpha value is -2.18. The molecular weight excluding hydrogens is 388 g/mol. The summed E-state index contributed by atoms with van der Waals surface area (Å²) in [7, 11) is 0. The molecule has 0 saturated heterocycles. The van der Waals surface area contributed by atoms with Crippen molar-refractivity contribution in [3.8, 4) is 0 Å². The Morgan fingerprint density at radius 1 is 1.14 bits per heavy atom. The molecule has 3 rings (SSSR count). The van der Waals surface area contributed by atoms with Crippen molar-refractivity contribution in [2.75, 3.05) is 5.32 Å². The molecule has 1 amide bonds. The number of Topliss-reactive ketones (excluding diaryl/α,β-unsaturated/α-hetero) is 1. The van der Waals surface area contributed by atoms with Crippen LogP contribution in [0.5, 0.6) is 0 Å². The van der Waals surface area contributed by atoms with Gasteiger partial charge in [0.25, 0.3) is 0 Å². The third-order valence-electron chi connectivity index (χ3n) is 4.80. The van der Waals surface area contributed by atoms with Crippen molar-refractivity contribution in [3.63, 3.8) is 0 Å². The SMILES string of the molecule is CCC(=O)Nc1ccc2nc(SCc3c(C)cc(C)c(C(C)=O)c3C)sc2c1. The average molecular weight is 413 g/mol. The minimum atomic E-state index is 0.00469. The van der Waals surface area contributed by atoms with Crippen LogP contribution in [0.1, 0.15) is 52.9 Å². The van der Waals surface area contributed by atoms with Crippen molar-refractivity contribution in [2.45, 2.75) is 51.1 Å². The largest absolute Gasteiger partial charge is 0.326 e. The maximum Gasteiger partial charge on any atom is 0.224 e. The lowest BCUT2D eigenvalue weighted by Crippen LogP contribution is -2.08. The van der Waals surface area contributed by atoms with E-state index < -0.39 is 0 Å². The van der Waals surface area contributed by atoms with Gasteiger partial charge in [-0.1, -0.05) is 24.8 Å². The number of aromatic nitrogens is 1. The van der Waals surface area contributed by atoms with Gasteiger partial charge in [0.05, 0.1) is 10.2 Å². The lowest BCUT2D eigenvalue weighted by molar-refractivity contribution is -0.115. The van der Waals surface area contributed by atoms with Gasteiger partial charge in [0.1, 0.15) is 0 Å². The number of thiazole rings is 1. The fourth-order valence-corrected chi connectivity index (χ4v) is 5.71. The number of anilines is 1. The number of nitrogens with zero attached hydrogens (tertiary/aromatic N) is 1. The molecule has 0 radical (unpaired) electrons. The summed E-state index contributed by atoms with van der Waals surface area (Å²) in [5.41, 5.74) is 7.09. The van der Waals surface area contributed by atoms with E-state index in [0.29, 0.717) is 6.42 Å². The van der Waals surface area contributed by atoms with Crippen molar-refractivity contribution in [1.82, 2.24) is 4.98 Å². The highest BCUT2D eigenvalue weighted by molar-refractivity contribution is 8.00. The second kappa shape index (κ2) is 8.45. The van der Waals surface area contributed by atoms with E-state index in [1.54, 1.807) is 30.0 Å². The van der Waals surface area contributed by atoms with Gasteiger partial charge in [0.15, 0.2) is 10.1 Å². The topological polar surface area (TPSA) is 59.1 Å². The van der Waals surface area contributed by atoms with Crippen LogP contribution >= 0.6 is 23.1 Å². The van der Waals surface area contributed by atoms with Crippen LogP contribution in [0.2, 0.25) is 0 Å². The number of hydrogen-bond acceptors (Lipinski definition) is 5. The zero-order valence-electron chi connectivity index (χ0n) is 16.8. The predicted molar refractivity (Wildman–Crippen MR) is 119 cm³/mol. The van der Waals surface area contributed by atoms with E-state index in [-0.39, 0.29) is 11.7 Å². The van der Waals surface area contributed by atoms with Gasteiger partial charge >= 0.3 is 0 Å². The maximum absolute atomic E-state index is 12.0. The monoisotopic (exact) mass is 412 g/mol. The molecule has 1 heterocycles. The fourth-order valence-electron chi connectivity index (χ4n) is 3.42. The number of rotatable bonds is 6. The van der Waals surface area contributed by atoms with Crippen LogP contribution in [-0.4, -0.2) is 16.7 Å². The van der Waals surface area contributed by atoms with E-state index >= 15 is 0 Å². The van der Waals surface area contributed by atoms with Crippen molar-refractivity contribution >= 4 is 50.7 Å². The third-order valence-corrected chi connectivity index (χ3v) is 6.98. The first-order valence-electron chi connectivity index (χ1n) is 9.24. The first kappa shape index (κ1) is 20.6. The first-order chi connectivity index (χ1) is 13.3. The molecule has 0 aliphatic carbocycles. The highest BCUT2D eigenvalue weighted by Crippen LogP contribution is 2.35. The van der Waals surface area contributed by atoms with Crippen LogP contribution in [0.3, 0.4) is 0 Å². The molecule has 0 aliphatic heterocycles. The normalized spacial score (nSPS) is 11.0. The molecule has 0 aliphatic rings. The number of aryl methyl sites for hydroxylation is 2. The molecule has 3 aromatic rings. The molecule has 28 heavy (non-hydrogen) atoms. The summed E-state index contributed by atoms with van der Waals surface area (Å²) in [4.78, 5) is 28.3. The van der Waals surface area contributed by atoms with E-state index in [1.165, 1.54) is 11.1 Å². The molecule has 4 nitrogen and oxygen atoms in total. The van der Waals surface area contributed by atoms with Gasteiger partial charge in [-0.2, -0.15) is 0 Å². The van der Waals surface area contributed by atoms with E-state index in [4.69, 9.17) is 4.98 Å². The highest BCUT2D eigenvalue weighted by Gasteiger charge is 2.15. The van der Waals surface area contributed by atoms with E-state index in [2.05, 4.69) is 18.3 Å². The highest BCUT2D eigenvalue weighted by atomic mass is 32.2. The summed E-state index contributed by atoms with van der Waals surface area (Å²) in [5, 5.41) is 2.89. The van der Waals surface area contributed by atoms with Crippen LogP contribution in [0.4, 0.5) is 5.69 Å². The number of benzene rings is 2. The van der Waals surface area contributed by atoms with Crippen LogP contribution in [0.15, 0.2) is 28.6 Å². The van der Waals surface area contributed by atoms with Gasteiger partial charge in [-0.3, -0.25) is 9.59 Å². The van der Waals surface area contributed by atoms with Crippen LogP contribution in [0, 0.1) is 20.8 Å². The van der Waals surface area contributed by atoms with Crippen molar-refractivity contribution in [3.05, 3.63) is 52.1 Å². The van der Waals surface area contributed by atoms with Gasteiger partial charge < -0.3 is 5.32 Å². The van der Waals surface area contributed by atoms with Crippen LogP contribution in [-0.2, 0) is 10.5 Å². The molecular formula is C22H24N2O2S2. The molecule has 0 fully saturated rings. The molecule has 2 aromatic carbocycles. The number of amides is 1. The Morgan fingerprint density at radius 2 is 1.89 bits per heavy atom. The number of carbonyl (C=O) groups excluding carboxylic acids is 2. The molecule has 0 unspecified atom stereocenters. The van der Waals surface area contributed by atoms with E-state index in [0.717, 1.165) is 42.7 Å². The molecule has 0 bridgehead atoms. The van der Waals surface area contributed by atoms with E-state index in [9.17, 15) is 9.59 Å². The van der Waals surface area contributed by atoms with Gasteiger partial charge in [-0.25, -0.2) is 4.98 Å². The quantitative estimate of drug-likeness (QED) is 0.395. The summed E-state index contributed by atoms with van der Waals surface area (Å²) in [5.74, 6) is 0.894. The van der Waals surface area contributed by atoms with E-state index in [1.807, 2.05) is 39.0 Å². The zero-order valence-corrected chi connectivity index (χ0v) is 18.4. The number of hydrogen-bond donors (Lipinski definition) is 1. The summed E-state index contributed by atoms with van der Waals surface area (Å²) < 4.78 is 2.04. The predicted octanol–water partition coefficient (Wildman–Crippen LogP) is 6.06. The molecule has 1 aromatic heterocycles. The Bertz CT molecular complexity index is 1070. The van der Waals surface area contributed by atoms with Gasteiger partial charge in [0.2, 0.25) is 5.91 Å². The Balaban J connectivity index is 1.83. The average Bonchev–Trinajstić information content (AvgIpc) is 3.02. The second-order valence-corrected chi connectivity index (χ2v) is 9.15. The van der Waals surface area contributed by atoms with Gasteiger partial charge in [-0.15, -0.1) is 11.3 Å². The van der Waals surface area contributed by atoms with Crippen LogP contribution < -0.4 is 5.32 Å². The number of nitrogens with one attached hydrogen (secondary N) is 1. The number of fused-ring (bicyclic) bond motifs is 1. The summed E-state index contributed by atoms with van der Waals surface area (Å²) in [6.07, 6.45) is 0.458. The Morgan fingerprint density at radius 3 is 2.57 bits per heavy atom. The zero-order chi connectivity index (χ0) is 20.4. The number of carbonyl (C=O) groups is 2. The van der Waals surface area contributed by atoms with Crippen molar-refractivity contribution in [1.29, 1.82) is 0 Å². The molecule has 146 valence electrons. The second-order valence-electron chi connectivity index (χ2n) is 6.90. The minimum absolute atomic E-state index is 0.00469. The third kappa shape index (κ3) is 4.28. The van der Waals surface area contributed by atoms with Crippen LogP contribution in [0.25, 0.3) is 10.2 Å². The standard InChI is InChI=1S/C22H24N2O2S2/c1-6-20(26)23-16-7-8-18-19(10-16)28-22(24-18)27-11-17-12(2)9-13(3)21(14(17)4)15(5)25/h7-10H,6,11H2,1-5H3,(H,23,26). The molecule has 1 N–H and O–H groups in total. The lowest BCUT2D eigenvalue weighted by Gasteiger charge is -2.15. The van der Waals surface area contributed by atoms with Crippen molar-refractivity contribution < 1.29 is 9.59 Å². The fraction of sp³-hybridized carbons (Fsp3) is 0.318. The minimum Gasteiger partial charge on any atom is -0.326 e. The summed E-state index contributed by atoms with van der Waals surface area (Å²) in [6.45, 7) is 9.59. The van der Waals surface area contributed by atoms with Gasteiger partial charge in [-0.05, 0) is 68.1 Å². The molecule has 6 heteroatoms. The lowest BCUT2D eigenvalue weighted by atomic mass is 9.92. The Labute approximate surface area is 173 Å². The van der Waals surface area contributed by atoms with Crippen molar-refractivity contribution in [2.24, 2.45) is 0 Å². The summed E-state index contributed by atoms with van der Waals surface area (Å²) in [6, 6.07) is 7.90. The first-order valence-corrected chi connectivity index (χ1v) is 11.0. The van der Waals surface area contributed by atoms with Gasteiger partial charge in [0, 0.05) is 23.4 Å². The molecule has 0 spiro atoms. The number of thioether (sulfide) groups is 1. The Kier molecular flexibility index (Phi) is 6.20. The molecule has 0 atom stereocenters. The number of ketones is 1. The maximum atomic E-state index is 12.0. The smallest absolute Gasteiger partial charge is 0.224 e. The summed E-state index contributed by atoms with van der Waals surface area (Å²) >= 11 is 3.31. The molecule has 0 saturated carbocycles.